The molecule has 0 fully saturated rings. The van der Waals surface area contributed by atoms with Gasteiger partial charge in [0.05, 0.1) is 11.3 Å². The van der Waals surface area contributed by atoms with Gasteiger partial charge in [-0.1, -0.05) is 12.1 Å². The Morgan fingerprint density at radius 1 is 1.20 bits per heavy atom. The fourth-order valence-electron chi connectivity index (χ4n) is 1.65. The monoisotopic (exact) mass is 274 g/mol. The summed E-state index contributed by atoms with van der Waals surface area (Å²) < 4.78 is 13.6. The summed E-state index contributed by atoms with van der Waals surface area (Å²) in [7, 11) is 1.42. The highest BCUT2D eigenvalue weighted by atomic mass is 19.1. The largest absolute Gasteiger partial charge is 0.478 e. The van der Waals surface area contributed by atoms with Crippen molar-refractivity contribution in [2.75, 3.05) is 11.9 Å². The van der Waals surface area contributed by atoms with Crippen LogP contribution in [0, 0.1) is 5.82 Å². The first-order valence-electron chi connectivity index (χ1n) is 5.72. The molecule has 0 spiro atoms. The lowest BCUT2D eigenvalue weighted by Gasteiger charge is -2.17. The molecule has 0 aliphatic rings. The zero-order valence-corrected chi connectivity index (χ0v) is 10.6. The second kappa shape index (κ2) is 5.48. The third-order valence-corrected chi connectivity index (χ3v) is 2.75. The van der Waals surface area contributed by atoms with E-state index in [1.807, 2.05) is 0 Å². The number of aromatic nitrogens is 1. The van der Waals surface area contributed by atoms with E-state index in [9.17, 15) is 14.0 Å². The molecular formula is C14H11FN2O3. The van der Waals surface area contributed by atoms with Gasteiger partial charge in [0, 0.05) is 13.2 Å². The van der Waals surface area contributed by atoms with Crippen molar-refractivity contribution < 1.29 is 19.1 Å². The molecule has 6 heteroatoms. The summed E-state index contributed by atoms with van der Waals surface area (Å²) in [6.07, 6.45) is 1.09. The average molecular weight is 274 g/mol. The average Bonchev–Trinajstić information content (AvgIpc) is 2.46. The van der Waals surface area contributed by atoms with Gasteiger partial charge >= 0.3 is 5.97 Å². The quantitative estimate of drug-likeness (QED) is 0.931. The van der Waals surface area contributed by atoms with E-state index in [2.05, 4.69) is 4.98 Å². The number of rotatable bonds is 3. The van der Waals surface area contributed by atoms with Crippen LogP contribution in [0.25, 0.3) is 0 Å². The van der Waals surface area contributed by atoms with Gasteiger partial charge in [-0.2, -0.15) is 0 Å². The normalized spacial score (nSPS) is 10.1. The summed E-state index contributed by atoms with van der Waals surface area (Å²) in [5, 5.41) is 8.75. The van der Waals surface area contributed by atoms with Crippen LogP contribution in [-0.2, 0) is 0 Å². The molecule has 1 aromatic carbocycles. The summed E-state index contributed by atoms with van der Waals surface area (Å²) in [6.45, 7) is 0. The number of pyridine rings is 1. The van der Waals surface area contributed by atoms with E-state index in [1.54, 1.807) is 6.07 Å². The van der Waals surface area contributed by atoms with E-state index in [-0.39, 0.29) is 16.9 Å². The fraction of sp³-hybridized carbons (Fsp3) is 0.0714. The maximum absolute atomic E-state index is 13.6. The molecular weight excluding hydrogens is 263 g/mol. The Balaban J connectivity index is 2.27. The van der Waals surface area contributed by atoms with E-state index in [4.69, 9.17) is 5.11 Å². The highest BCUT2D eigenvalue weighted by Gasteiger charge is 2.17. The van der Waals surface area contributed by atoms with Gasteiger partial charge in [-0.15, -0.1) is 0 Å². The number of carbonyl (C=O) groups is 2. The topological polar surface area (TPSA) is 70.5 Å². The van der Waals surface area contributed by atoms with E-state index >= 15 is 0 Å². The SMILES string of the molecule is CN(C(=O)c1ccc(C(=O)O)cn1)c1ccccc1F. The molecule has 1 aromatic heterocycles. The van der Waals surface area contributed by atoms with Gasteiger partial charge in [0.15, 0.2) is 0 Å². The van der Waals surface area contributed by atoms with Crippen LogP contribution in [0.5, 0.6) is 0 Å². The minimum Gasteiger partial charge on any atom is -0.478 e. The van der Waals surface area contributed by atoms with Gasteiger partial charge in [-0.05, 0) is 24.3 Å². The molecule has 0 unspecified atom stereocenters. The Morgan fingerprint density at radius 2 is 1.90 bits per heavy atom. The van der Waals surface area contributed by atoms with Crippen molar-refractivity contribution in [3.63, 3.8) is 0 Å². The standard InChI is InChI=1S/C14H11FN2O3/c1-17(12-5-3-2-4-10(12)15)13(18)11-7-6-9(8-16-11)14(19)20/h2-8H,1H3,(H,19,20). The maximum atomic E-state index is 13.6. The number of carbonyl (C=O) groups excluding carboxylic acids is 1. The second-order valence-corrected chi connectivity index (χ2v) is 4.05. The number of nitrogens with zero attached hydrogens (tertiary/aromatic N) is 2. The van der Waals surface area contributed by atoms with Crippen LogP contribution in [0.4, 0.5) is 10.1 Å². The molecule has 0 aliphatic carbocycles. The summed E-state index contributed by atoms with van der Waals surface area (Å²) in [4.78, 5) is 27.7. The minimum absolute atomic E-state index is 0.0184. The Labute approximate surface area is 114 Å². The zero-order chi connectivity index (χ0) is 14.7. The number of hydrogen-bond acceptors (Lipinski definition) is 3. The number of benzene rings is 1. The molecule has 1 N–H and O–H groups in total. The number of amides is 1. The van der Waals surface area contributed by atoms with E-state index in [0.717, 1.165) is 11.1 Å². The van der Waals surface area contributed by atoms with Crippen molar-refractivity contribution in [2.45, 2.75) is 0 Å². The number of para-hydroxylation sites is 1. The Hall–Kier alpha value is -2.76. The summed E-state index contributed by atoms with van der Waals surface area (Å²) in [5.74, 6) is -2.17. The van der Waals surface area contributed by atoms with Crippen LogP contribution in [0.3, 0.4) is 0 Å². The molecule has 0 aliphatic heterocycles. The van der Waals surface area contributed by atoms with Gasteiger partial charge in [0.1, 0.15) is 11.5 Å². The molecule has 0 radical (unpaired) electrons. The van der Waals surface area contributed by atoms with Gasteiger partial charge in [0.2, 0.25) is 0 Å². The van der Waals surface area contributed by atoms with Crippen molar-refractivity contribution in [3.05, 3.63) is 59.7 Å². The van der Waals surface area contributed by atoms with Gasteiger partial charge in [-0.3, -0.25) is 9.78 Å². The molecule has 20 heavy (non-hydrogen) atoms. The van der Waals surface area contributed by atoms with Gasteiger partial charge in [0.25, 0.3) is 5.91 Å². The lowest BCUT2D eigenvalue weighted by atomic mass is 10.2. The lowest BCUT2D eigenvalue weighted by molar-refractivity contribution is 0.0695. The second-order valence-electron chi connectivity index (χ2n) is 4.05. The molecule has 0 atom stereocenters. The maximum Gasteiger partial charge on any atom is 0.337 e. The molecule has 5 nitrogen and oxygen atoms in total. The molecule has 1 heterocycles. The first-order chi connectivity index (χ1) is 9.50. The minimum atomic E-state index is -1.13. The zero-order valence-electron chi connectivity index (χ0n) is 10.6. The molecule has 0 saturated heterocycles. The number of halogens is 1. The summed E-state index contributed by atoms with van der Waals surface area (Å²) in [6, 6.07) is 8.43. The van der Waals surface area contributed by atoms with Crippen molar-refractivity contribution in [1.29, 1.82) is 0 Å². The number of carboxylic acids is 1. The van der Waals surface area contributed by atoms with Crippen LogP contribution < -0.4 is 4.90 Å². The highest BCUT2D eigenvalue weighted by molar-refractivity contribution is 6.04. The van der Waals surface area contributed by atoms with Crippen LogP contribution in [0.15, 0.2) is 42.6 Å². The smallest absolute Gasteiger partial charge is 0.337 e. The fourth-order valence-corrected chi connectivity index (χ4v) is 1.65. The van der Waals surface area contributed by atoms with Crippen LogP contribution >= 0.6 is 0 Å². The third-order valence-electron chi connectivity index (χ3n) is 2.75. The summed E-state index contributed by atoms with van der Waals surface area (Å²) in [5.41, 5.74) is 0.150. The first-order valence-corrected chi connectivity index (χ1v) is 5.72. The number of anilines is 1. The van der Waals surface area contributed by atoms with Crippen molar-refractivity contribution in [2.24, 2.45) is 0 Å². The predicted octanol–water partition coefficient (Wildman–Crippen LogP) is 2.20. The van der Waals surface area contributed by atoms with Crippen LogP contribution in [-0.4, -0.2) is 29.0 Å². The van der Waals surface area contributed by atoms with E-state index in [1.165, 1.54) is 37.4 Å². The van der Waals surface area contributed by atoms with Crippen molar-refractivity contribution in [3.8, 4) is 0 Å². The predicted molar refractivity (Wildman–Crippen MR) is 70.3 cm³/mol. The number of hydrogen-bond donors (Lipinski definition) is 1. The highest BCUT2D eigenvalue weighted by Crippen LogP contribution is 2.18. The van der Waals surface area contributed by atoms with Gasteiger partial charge in [-0.25, -0.2) is 9.18 Å². The van der Waals surface area contributed by atoms with Crippen LogP contribution in [0.2, 0.25) is 0 Å². The lowest BCUT2D eigenvalue weighted by Crippen LogP contribution is -2.28. The van der Waals surface area contributed by atoms with Gasteiger partial charge < -0.3 is 10.0 Å². The molecule has 2 aromatic rings. The number of aromatic carboxylic acids is 1. The molecule has 0 saturated carbocycles. The molecule has 102 valence electrons. The first kappa shape index (κ1) is 13.7. The van der Waals surface area contributed by atoms with Crippen molar-refractivity contribution in [1.82, 2.24) is 4.98 Å². The van der Waals surface area contributed by atoms with E-state index in [0.29, 0.717) is 0 Å². The molecule has 2 rings (SSSR count). The summed E-state index contributed by atoms with van der Waals surface area (Å²) >= 11 is 0. The van der Waals surface area contributed by atoms with Crippen LogP contribution in [0.1, 0.15) is 20.8 Å². The van der Waals surface area contributed by atoms with Crippen molar-refractivity contribution >= 4 is 17.6 Å². The molecule has 0 bridgehead atoms. The number of carboxylic acid groups (broad SMARTS) is 1. The Kier molecular flexibility index (Phi) is 3.74. The third kappa shape index (κ3) is 2.64. The Bertz CT molecular complexity index is 656. The Morgan fingerprint density at radius 3 is 2.45 bits per heavy atom. The van der Waals surface area contributed by atoms with E-state index < -0.39 is 17.7 Å². The molecule has 1 amide bonds.